The standard InChI is InChI=1S/C19H24N2O3/c22-18(20-13-6-14-23-15-7-2-1-3-8-15)11-12-19-21-16-9-4-5-10-17(16)24-19/h4-5,9-12,15H,1-3,6-8,13-14H2,(H,20,22)/b12-11+. The molecule has 24 heavy (non-hydrogen) atoms. The minimum absolute atomic E-state index is 0.144. The number of benzene rings is 1. The first-order chi connectivity index (χ1) is 11.8. The number of hydrogen-bond acceptors (Lipinski definition) is 4. The molecule has 0 spiro atoms. The molecule has 1 aromatic carbocycles. The van der Waals surface area contributed by atoms with E-state index in [1.54, 1.807) is 6.08 Å². The van der Waals surface area contributed by atoms with Gasteiger partial charge in [0.2, 0.25) is 11.8 Å². The summed E-state index contributed by atoms with van der Waals surface area (Å²) >= 11 is 0. The first kappa shape index (κ1) is 16.7. The maximum atomic E-state index is 11.8. The number of ether oxygens (including phenoxy) is 1. The van der Waals surface area contributed by atoms with Crippen LogP contribution in [0.5, 0.6) is 0 Å². The summed E-state index contributed by atoms with van der Waals surface area (Å²) in [5, 5.41) is 2.85. The minimum Gasteiger partial charge on any atom is -0.437 e. The van der Waals surface area contributed by atoms with Gasteiger partial charge in [0, 0.05) is 25.3 Å². The number of amides is 1. The normalized spacial score (nSPS) is 16.0. The van der Waals surface area contributed by atoms with Crippen LogP contribution in [0.4, 0.5) is 0 Å². The van der Waals surface area contributed by atoms with E-state index in [1.807, 2.05) is 24.3 Å². The summed E-state index contributed by atoms with van der Waals surface area (Å²) in [6.45, 7) is 1.32. The minimum atomic E-state index is -0.144. The van der Waals surface area contributed by atoms with Gasteiger partial charge in [-0.15, -0.1) is 0 Å². The highest BCUT2D eigenvalue weighted by atomic mass is 16.5. The SMILES string of the molecule is O=C(/C=C/c1nc2ccccc2o1)NCCCOC1CCCCC1. The molecule has 5 nitrogen and oxygen atoms in total. The van der Waals surface area contributed by atoms with Crippen molar-refractivity contribution in [1.29, 1.82) is 0 Å². The fraction of sp³-hybridized carbons (Fsp3) is 0.474. The highest BCUT2D eigenvalue weighted by Gasteiger charge is 2.12. The molecular weight excluding hydrogens is 304 g/mol. The van der Waals surface area contributed by atoms with Crippen molar-refractivity contribution in [3.05, 3.63) is 36.2 Å². The molecule has 2 aromatic rings. The molecular formula is C19H24N2O3. The second kappa shape index (κ2) is 8.64. The van der Waals surface area contributed by atoms with Gasteiger partial charge in [-0.2, -0.15) is 0 Å². The molecule has 1 amide bonds. The van der Waals surface area contributed by atoms with Gasteiger partial charge in [0.25, 0.3) is 0 Å². The van der Waals surface area contributed by atoms with Crippen molar-refractivity contribution in [2.75, 3.05) is 13.2 Å². The van der Waals surface area contributed by atoms with E-state index in [2.05, 4.69) is 10.3 Å². The Hall–Kier alpha value is -2.14. The van der Waals surface area contributed by atoms with Gasteiger partial charge in [-0.05, 0) is 31.4 Å². The van der Waals surface area contributed by atoms with E-state index in [-0.39, 0.29) is 5.91 Å². The summed E-state index contributed by atoms with van der Waals surface area (Å²) in [5.41, 5.74) is 1.51. The molecule has 1 N–H and O–H groups in total. The molecule has 0 aliphatic heterocycles. The average Bonchev–Trinajstić information content (AvgIpc) is 3.03. The Morgan fingerprint density at radius 1 is 1.29 bits per heavy atom. The number of para-hydroxylation sites is 2. The fourth-order valence-corrected chi connectivity index (χ4v) is 2.93. The van der Waals surface area contributed by atoms with E-state index in [1.165, 1.54) is 38.2 Å². The first-order valence-electron chi connectivity index (χ1n) is 8.74. The summed E-state index contributed by atoms with van der Waals surface area (Å²) in [6, 6.07) is 7.53. The lowest BCUT2D eigenvalue weighted by molar-refractivity contribution is -0.116. The molecule has 5 heteroatoms. The van der Waals surface area contributed by atoms with Crippen molar-refractivity contribution >= 4 is 23.1 Å². The van der Waals surface area contributed by atoms with Gasteiger partial charge in [0.1, 0.15) is 5.52 Å². The van der Waals surface area contributed by atoms with E-state index < -0.39 is 0 Å². The van der Waals surface area contributed by atoms with Crippen molar-refractivity contribution in [3.8, 4) is 0 Å². The number of fused-ring (bicyclic) bond motifs is 1. The van der Waals surface area contributed by atoms with Crippen LogP contribution >= 0.6 is 0 Å². The summed E-state index contributed by atoms with van der Waals surface area (Å²) in [4.78, 5) is 16.1. The summed E-state index contributed by atoms with van der Waals surface area (Å²) in [5.74, 6) is 0.293. The average molecular weight is 328 g/mol. The van der Waals surface area contributed by atoms with Crippen LogP contribution in [0.2, 0.25) is 0 Å². The van der Waals surface area contributed by atoms with Gasteiger partial charge in [0.05, 0.1) is 6.10 Å². The van der Waals surface area contributed by atoms with Gasteiger partial charge < -0.3 is 14.5 Å². The van der Waals surface area contributed by atoms with Crippen molar-refractivity contribution in [3.63, 3.8) is 0 Å². The van der Waals surface area contributed by atoms with Gasteiger partial charge in [-0.3, -0.25) is 4.79 Å². The molecule has 0 radical (unpaired) electrons. The zero-order valence-electron chi connectivity index (χ0n) is 13.9. The molecule has 0 atom stereocenters. The predicted molar refractivity (Wildman–Crippen MR) is 93.5 cm³/mol. The Morgan fingerprint density at radius 3 is 2.96 bits per heavy atom. The number of carbonyl (C=O) groups excluding carboxylic acids is 1. The molecule has 3 rings (SSSR count). The van der Waals surface area contributed by atoms with Crippen LogP contribution in [0.3, 0.4) is 0 Å². The van der Waals surface area contributed by atoms with Gasteiger partial charge in [-0.25, -0.2) is 4.98 Å². The molecule has 1 saturated carbocycles. The Kier molecular flexibility index (Phi) is 6.01. The summed E-state index contributed by atoms with van der Waals surface area (Å²) in [6.07, 6.45) is 10.6. The molecule has 1 aliphatic carbocycles. The van der Waals surface area contributed by atoms with Crippen molar-refractivity contribution in [1.82, 2.24) is 10.3 Å². The first-order valence-corrected chi connectivity index (χ1v) is 8.74. The number of carbonyl (C=O) groups is 1. The Bertz CT molecular complexity index is 654. The van der Waals surface area contributed by atoms with Crippen LogP contribution in [0.1, 0.15) is 44.4 Å². The van der Waals surface area contributed by atoms with Gasteiger partial charge >= 0.3 is 0 Å². The third-order valence-corrected chi connectivity index (χ3v) is 4.21. The third kappa shape index (κ3) is 4.93. The fourth-order valence-electron chi connectivity index (χ4n) is 2.93. The predicted octanol–water partition coefficient (Wildman–Crippen LogP) is 3.70. The van der Waals surface area contributed by atoms with Crippen molar-refractivity contribution < 1.29 is 13.9 Å². The van der Waals surface area contributed by atoms with Crippen LogP contribution in [-0.2, 0) is 9.53 Å². The number of oxazole rings is 1. The lowest BCUT2D eigenvalue weighted by Gasteiger charge is -2.21. The monoisotopic (exact) mass is 328 g/mol. The zero-order valence-corrected chi connectivity index (χ0v) is 13.9. The maximum Gasteiger partial charge on any atom is 0.244 e. The summed E-state index contributed by atoms with van der Waals surface area (Å²) < 4.78 is 11.4. The van der Waals surface area contributed by atoms with E-state index in [0.29, 0.717) is 25.1 Å². The van der Waals surface area contributed by atoms with Crippen LogP contribution in [0.15, 0.2) is 34.8 Å². The summed E-state index contributed by atoms with van der Waals surface area (Å²) in [7, 11) is 0. The van der Waals surface area contributed by atoms with Crippen LogP contribution in [-0.4, -0.2) is 30.1 Å². The highest BCUT2D eigenvalue weighted by Crippen LogP contribution is 2.20. The zero-order chi connectivity index (χ0) is 16.6. The molecule has 1 aromatic heterocycles. The number of nitrogens with one attached hydrogen (secondary N) is 1. The van der Waals surface area contributed by atoms with Crippen molar-refractivity contribution in [2.45, 2.75) is 44.6 Å². The van der Waals surface area contributed by atoms with E-state index >= 15 is 0 Å². The molecule has 1 fully saturated rings. The second-order valence-electron chi connectivity index (χ2n) is 6.13. The lowest BCUT2D eigenvalue weighted by atomic mass is 9.98. The van der Waals surface area contributed by atoms with Crippen LogP contribution in [0.25, 0.3) is 17.2 Å². The quantitative estimate of drug-likeness (QED) is 0.622. The van der Waals surface area contributed by atoms with Gasteiger partial charge in [0.15, 0.2) is 5.58 Å². The molecule has 128 valence electrons. The Labute approximate surface area is 142 Å². The van der Waals surface area contributed by atoms with Crippen LogP contribution in [0, 0.1) is 0 Å². The largest absolute Gasteiger partial charge is 0.437 e. The van der Waals surface area contributed by atoms with E-state index in [4.69, 9.17) is 9.15 Å². The number of hydrogen-bond donors (Lipinski definition) is 1. The molecule has 1 heterocycles. The smallest absolute Gasteiger partial charge is 0.244 e. The van der Waals surface area contributed by atoms with Gasteiger partial charge in [-0.1, -0.05) is 31.4 Å². The number of nitrogens with zero attached hydrogens (tertiary/aromatic N) is 1. The molecule has 0 bridgehead atoms. The topological polar surface area (TPSA) is 64.4 Å². The van der Waals surface area contributed by atoms with E-state index in [9.17, 15) is 4.79 Å². The molecule has 0 saturated heterocycles. The maximum absolute atomic E-state index is 11.8. The molecule has 0 unspecified atom stereocenters. The Morgan fingerprint density at radius 2 is 2.12 bits per heavy atom. The van der Waals surface area contributed by atoms with Crippen molar-refractivity contribution in [2.24, 2.45) is 0 Å². The number of aromatic nitrogens is 1. The molecule has 1 aliphatic rings. The third-order valence-electron chi connectivity index (χ3n) is 4.21. The van der Waals surface area contributed by atoms with Crippen LogP contribution < -0.4 is 5.32 Å². The Balaban J connectivity index is 1.34. The van der Waals surface area contributed by atoms with E-state index in [0.717, 1.165) is 17.5 Å². The highest BCUT2D eigenvalue weighted by molar-refractivity contribution is 5.91. The lowest BCUT2D eigenvalue weighted by Crippen LogP contribution is -2.24. The second-order valence-corrected chi connectivity index (χ2v) is 6.13. The number of rotatable bonds is 7.